The van der Waals surface area contributed by atoms with Crippen molar-refractivity contribution in [2.75, 3.05) is 11.1 Å². The second kappa shape index (κ2) is 3.93. The molecule has 16 heavy (non-hydrogen) atoms. The van der Waals surface area contributed by atoms with E-state index in [1.165, 1.54) is 11.1 Å². The fourth-order valence-corrected chi connectivity index (χ4v) is 1.58. The van der Waals surface area contributed by atoms with Crippen molar-refractivity contribution in [3.8, 4) is 0 Å². The summed E-state index contributed by atoms with van der Waals surface area (Å²) in [4.78, 5) is 0. The number of hydrogen-bond acceptors (Lipinski definition) is 3. The minimum Gasteiger partial charge on any atom is -0.446 e. The fourth-order valence-electron chi connectivity index (χ4n) is 1.58. The Bertz CT molecular complexity index is 515. The molecule has 3 heteroatoms. The summed E-state index contributed by atoms with van der Waals surface area (Å²) in [6.45, 7) is 6.02. The van der Waals surface area contributed by atoms with Crippen LogP contribution in [0.4, 0.5) is 17.3 Å². The van der Waals surface area contributed by atoms with Crippen molar-refractivity contribution < 1.29 is 4.42 Å². The summed E-state index contributed by atoms with van der Waals surface area (Å²) >= 11 is 0. The highest BCUT2D eigenvalue weighted by molar-refractivity contribution is 5.72. The number of rotatable bonds is 2. The fraction of sp³-hybridized carbons (Fsp3) is 0.231. The molecule has 0 atom stereocenters. The van der Waals surface area contributed by atoms with Crippen molar-refractivity contribution in [2.24, 2.45) is 0 Å². The Morgan fingerprint density at radius 1 is 1.06 bits per heavy atom. The van der Waals surface area contributed by atoms with Crippen LogP contribution < -0.4 is 11.1 Å². The van der Waals surface area contributed by atoms with Crippen molar-refractivity contribution in [1.29, 1.82) is 0 Å². The van der Waals surface area contributed by atoms with Crippen molar-refractivity contribution in [3.05, 3.63) is 41.2 Å². The molecule has 1 heterocycles. The van der Waals surface area contributed by atoms with Crippen LogP contribution in [0.1, 0.15) is 16.9 Å². The third-order valence-electron chi connectivity index (χ3n) is 2.66. The lowest BCUT2D eigenvalue weighted by Gasteiger charge is -2.10. The van der Waals surface area contributed by atoms with Gasteiger partial charge in [0, 0.05) is 6.07 Å². The van der Waals surface area contributed by atoms with Crippen LogP contribution in [0, 0.1) is 20.8 Å². The lowest BCUT2D eigenvalue weighted by molar-refractivity contribution is 0.551. The van der Waals surface area contributed by atoms with Crippen molar-refractivity contribution >= 4 is 17.3 Å². The van der Waals surface area contributed by atoms with Gasteiger partial charge in [-0.15, -0.1) is 0 Å². The van der Waals surface area contributed by atoms with E-state index < -0.39 is 0 Å². The normalized spacial score (nSPS) is 10.4. The molecule has 1 aromatic heterocycles. The van der Waals surface area contributed by atoms with Gasteiger partial charge in [-0.1, -0.05) is 0 Å². The van der Waals surface area contributed by atoms with Gasteiger partial charge >= 0.3 is 0 Å². The summed E-state index contributed by atoms with van der Waals surface area (Å²) in [6, 6.07) is 7.81. The molecule has 1 aromatic carbocycles. The summed E-state index contributed by atoms with van der Waals surface area (Å²) in [5.74, 6) is 1.59. The van der Waals surface area contributed by atoms with Crippen LogP contribution in [0.15, 0.2) is 28.7 Å². The highest BCUT2D eigenvalue weighted by atomic mass is 16.4. The van der Waals surface area contributed by atoms with Gasteiger partial charge in [0.2, 0.25) is 0 Å². The molecule has 0 aliphatic carbocycles. The zero-order valence-corrected chi connectivity index (χ0v) is 9.79. The van der Waals surface area contributed by atoms with Crippen LogP contribution in [-0.4, -0.2) is 0 Å². The number of nitrogens with two attached hydrogens (primary N) is 1. The highest BCUT2D eigenvalue weighted by Gasteiger charge is 2.04. The first-order valence-corrected chi connectivity index (χ1v) is 5.26. The van der Waals surface area contributed by atoms with Gasteiger partial charge in [0.05, 0.1) is 11.4 Å². The molecule has 0 fully saturated rings. The van der Waals surface area contributed by atoms with Gasteiger partial charge in [0.25, 0.3) is 0 Å². The van der Waals surface area contributed by atoms with Crippen molar-refractivity contribution in [3.63, 3.8) is 0 Å². The monoisotopic (exact) mass is 216 g/mol. The number of nitrogens with one attached hydrogen (secondary N) is 1. The average molecular weight is 216 g/mol. The lowest BCUT2D eigenvalue weighted by Crippen LogP contribution is -1.97. The number of nitrogen functional groups attached to an aromatic ring is 1. The number of hydrogen-bond donors (Lipinski definition) is 2. The first-order chi connectivity index (χ1) is 7.56. The van der Waals surface area contributed by atoms with Gasteiger partial charge in [-0.05, 0) is 50.1 Å². The zero-order valence-electron chi connectivity index (χ0n) is 9.79. The zero-order chi connectivity index (χ0) is 11.7. The third-order valence-corrected chi connectivity index (χ3v) is 2.66. The standard InChI is InChI=1S/C13H16N2O/c1-8-6-11(14)12(7-9(8)2)15-13-5-4-10(3)16-13/h4-7,15H,14H2,1-3H3. The van der Waals surface area contributed by atoms with Crippen molar-refractivity contribution in [1.82, 2.24) is 0 Å². The van der Waals surface area contributed by atoms with Gasteiger partial charge in [-0.2, -0.15) is 0 Å². The van der Waals surface area contributed by atoms with Gasteiger partial charge in [-0.3, -0.25) is 0 Å². The minimum atomic E-state index is 0.715. The first-order valence-electron chi connectivity index (χ1n) is 5.26. The van der Waals surface area contributed by atoms with Crippen LogP contribution in [0.3, 0.4) is 0 Å². The number of furan rings is 1. The molecule has 0 radical (unpaired) electrons. The molecule has 0 aliphatic rings. The second-order valence-electron chi connectivity index (χ2n) is 4.06. The Morgan fingerprint density at radius 2 is 1.75 bits per heavy atom. The average Bonchev–Trinajstić information content (AvgIpc) is 2.60. The number of aryl methyl sites for hydroxylation is 3. The molecule has 2 aromatic rings. The third kappa shape index (κ3) is 2.03. The smallest absolute Gasteiger partial charge is 0.197 e. The molecule has 0 spiro atoms. The van der Waals surface area contributed by atoms with Crippen LogP contribution in [0.2, 0.25) is 0 Å². The summed E-state index contributed by atoms with van der Waals surface area (Å²) < 4.78 is 5.45. The van der Waals surface area contributed by atoms with Crippen LogP contribution in [-0.2, 0) is 0 Å². The molecule has 0 saturated carbocycles. The van der Waals surface area contributed by atoms with Crippen LogP contribution >= 0.6 is 0 Å². The molecule has 2 rings (SSSR count). The largest absolute Gasteiger partial charge is 0.446 e. The van der Waals surface area contributed by atoms with Gasteiger partial charge in [-0.25, -0.2) is 0 Å². The van der Waals surface area contributed by atoms with Gasteiger partial charge < -0.3 is 15.5 Å². The molecule has 0 bridgehead atoms. The van der Waals surface area contributed by atoms with Gasteiger partial charge in [0.1, 0.15) is 5.76 Å². The molecule has 3 nitrogen and oxygen atoms in total. The SMILES string of the molecule is Cc1ccc(Nc2cc(C)c(C)cc2N)o1. The maximum atomic E-state index is 5.94. The minimum absolute atomic E-state index is 0.715. The van der Waals surface area contributed by atoms with E-state index in [1.54, 1.807) is 0 Å². The molecular weight excluding hydrogens is 200 g/mol. The highest BCUT2D eigenvalue weighted by Crippen LogP contribution is 2.27. The maximum Gasteiger partial charge on any atom is 0.197 e. The van der Waals surface area contributed by atoms with E-state index in [9.17, 15) is 0 Å². The lowest BCUT2D eigenvalue weighted by atomic mass is 10.1. The Kier molecular flexibility index (Phi) is 2.60. The summed E-state index contributed by atoms with van der Waals surface area (Å²) in [7, 11) is 0. The van der Waals surface area contributed by atoms with Crippen molar-refractivity contribution in [2.45, 2.75) is 20.8 Å². The predicted molar refractivity (Wildman–Crippen MR) is 67.1 cm³/mol. The summed E-state index contributed by atoms with van der Waals surface area (Å²) in [5.41, 5.74) is 9.96. The Labute approximate surface area is 95.3 Å². The topological polar surface area (TPSA) is 51.2 Å². The number of benzene rings is 1. The van der Waals surface area contributed by atoms with E-state index in [0.717, 1.165) is 17.1 Å². The Morgan fingerprint density at radius 3 is 2.38 bits per heavy atom. The van der Waals surface area contributed by atoms with Crippen LogP contribution in [0.25, 0.3) is 0 Å². The predicted octanol–water partition coefficient (Wildman–Crippen LogP) is 3.53. The molecule has 0 unspecified atom stereocenters. The van der Waals surface area contributed by atoms with E-state index in [2.05, 4.69) is 12.2 Å². The molecule has 0 amide bonds. The van der Waals surface area contributed by atoms with E-state index in [4.69, 9.17) is 10.2 Å². The Balaban J connectivity index is 2.31. The molecule has 0 aliphatic heterocycles. The Hall–Kier alpha value is -1.90. The quantitative estimate of drug-likeness (QED) is 0.755. The molecular formula is C13H16N2O. The number of anilines is 3. The van der Waals surface area contributed by atoms with Crippen LogP contribution in [0.5, 0.6) is 0 Å². The summed E-state index contributed by atoms with van der Waals surface area (Å²) in [5, 5.41) is 3.17. The second-order valence-corrected chi connectivity index (χ2v) is 4.06. The van der Waals surface area contributed by atoms with E-state index in [-0.39, 0.29) is 0 Å². The van der Waals surface area contributed by atoms with E-state index in [1.807, 2.05) is 38.1 Å². The first kappa shape index (κ1) is 10.6. The van der Waals surface area contributed by atoms with E-state index in [0.29, 0.717) is 5.88 Å². The van der Waals surface area contributed by atoms with E-state index >= 15 is 0 Å². The summed E-state index contributed by atoms with van der Waals surface area (Å²) in [6.07, 6.45) is 0. The maximum absolute atomic E-state index is 5.94. The molecule has 0 saturated heterocycles. The molecule has 84 valence electrons. The molecule has 3 N–H and O–H groups in total. The van der Waals surface area contributed by atoms with Gasteiger partial charge in [0.15, 0.2) is 5.88 Å².